The molecule has 0 saturated heterocycles. The van der Waals surface area contributed by atoms with E-state index in [2.05, 4.69) is 159 Å². The van der Waals surface area contributed by atoms with Crippen LogP contribution >= 0.6 is 0 Å². The Kier molecular flexibility index (Phi) is 13.0. The lowest BCUT2D eigenvalue weighted by Crippen LogP contribution is -2.09. The van der Waals surface area contributed by atoms with Gasteiger partial charge in [0.2, 0.25) is 17.5 Å². The third-order valence-corrected chi connectivity index (χ3v) is 11.1. The Labute approximate surface area is 403 Å². The maximum absolute atomic E-state index is 4.70. The van der Waals surface area contributed by atoms with Crippen LogP contribution in [0.1, 0.15) is 34.2 Å². The van der Waals surface area contributed by atoms with Gasteiger partial charge in [-0.05, 0) is 163 Å². The van der Waals surface area contributed by atoms with Crippen molar-refractivity contribution in [2.75, 3.05) is 14.7 Å². The fourth-order valence-electron chi connectivity index (χ4n) is 7.81. The van der Waals surface area contributed by atoms with Crippen LogP contribution in [0.4, 0.5) is 51.2 Å². The second-order valence-electron chi connectivity index (χ2n) is 15.7. The van der Waals surface area contributed by atoms with Gasteiger partial charge in [0, 0.05) is 67.9 Å². The highest BCUT2D eigenvalue weighted by Gasteiger charge is 2.14. The van der Waals surface area contributed by atoms with E-state index in [1.165, 1.54) is 0 Å². The number of anilines is 9. The lowest BCUT2D eigenvalue weighted by atomic mass is 10.1. The third kappa shape index (κ3) is 10.6. The molecule has 0 radical (unpaired) electrons. The summed E-state index contributed by atoms with van der Waals surface area (Å²) < 4.78 is 0. The van der Waals surface area contributed by atoms with Crippen molar-refractivity contribution in [3.63, 3.8) is 0 Å². The number of rotatable bonds is 9. The molecule has 1 aromatic heterocycles. The molecule has 0 spiro atoms. The first kappa shape index (κ1) is 43.0. The predicted molar refractivity (Wildman–Crippen MR) is 281 cm³/mol. The molecule has 0 aliphatic heterocycles. The topological polar surface area (TPSA) is 48.4 Å². The van der Waals surface area contributed by atoms with Gasteiger partial charge in [0.05, 0.1) is 0 Å². The molecule has 6 heteroatoms. The van der Waals surface area contributed by atoms with E-state index in [1.807, 2.05) is 146 Å². The fraction of sp³-hybridized carbons (Fsp3) is 0. The first-order valence-electron chi connectivity index (χ1n) is 22.5. The molecular weight excluding hydrogens is 841 g/mol. The summed E-state index contributed by atoms with van der Waals surface area (Å²) in [7, 11) is 0. The van der Waals surface area contributed by atoms with Gasteiger partial charge in [-0.25, -0.2) is 0 Å². The van der Waals surface area contributed by atoms with E-state index in [-0.39, 0.29) is 17.5 Å². The summed E-state index contributed by atoms with van der Waals surface area (Å²) in [6, 6.07) is 86.3. The maximum Gasteiger partial charge on any atom is 0.210 e. The molecule has 0 saturated carbocycles. The van der Waals surface area contributed by atoms with Crippen LogP contribution in [0.2, 0.25) is 0 Å². The summed E-state index contributed by atoms with van der Waals surface area (Å²) in [5.41, 5.74) is 11.8. The van der Waals surface area contributed by atoms with E-state index in [0.717, 1.165) is 67.9 Å². The lowest BCUT2D eigenvalue weighted by Gasteiger charge is -2.25. The standard InChI is InChI=1S/C63H42N6/c1-7-19-52(20-8-1)67(53-21-9-2-10-22-53)58-40-31-49(32-41-58)37-46-61-64-62(47-38-50-33-42-59(43-34-50)68(54-23-11-3-12-24-54)55-25-13-4-14-26-55)66-63(65-61)48-39-51-35-44-60(45-36-51)69(56-27-15-5-16-28-56)57-29-17-6-18-30-57/h1-36,40-45H. The molecule has 0 atom stereocenters. The van der Waals surface area contributed by atoms with E-state index in [4.69, 9.17) is 15.0 Å². The number of hydrogen-bond acceptors (Lipinski definition) is 6. The highest BCUT2D eigenvalue weighted by Crippen LogP contribution is 2.36. The van der Waals surface area contributed by atoms with Crippen LogP contribution in [-0.2, 0) is 0 Å². The molecular formula is C63H42N6. The second-order valence-corrected chi connectivity index (χ2v) is 15.7. The summed E-state index contributed by atoms with van der Waals surface area (Å²) in [4.78, 5) is 20.7. The van der Waals surface area contributed by atoms with Crippen molar-refractivity contribution in [1.29, 1.82) is 0 Å². The van der Waals surface area contributed by atoms with Gasteiger partial charge in [-0.2, -0.15) is 15.0 Å². The Hall–Kier alpha value is -9.93. The van der Waals surface area contributed by atoms with Gasteiger partial charge in [-0.1, -0.05) is 127 Å². The highest BCUT2D eigenvalue weighted by molar-refractivity contribution is 5.79. The fourth-order valence-corrected chi connectivity index (χ4v) is 7.81. The molecule has 6 nitrogen and oxygen atoms in total. The SMILES string of the molecule is C(#Cc1nc(C#Cc2ccc(N(c3ccccc3)c3ccccc3)cc2)nc(C#Cc2ccc(N(c3ccccc3)c3ccccc3)cc2)n1)c1ccc(N(c2ccccc2)c2ccccc2)cc1. The quantitative estimate of drug-likeness (QED) is 0.135. The second kappa shape index (κ2) is 20.9. The number of benzene rings is 9. The molecule has 0 bridgehead atoms. The minimum absolute atomic E-state index is 0.270. The summed E-state index contributed by atoms with van der Waals surface area (Å²) in [5, 5.41) is 0. The lowest BCUT2D eigenvalue weighted by molar-refractivity contribution is 0.977. The Morgan fingerprint density at radius 3 is 0.551 bits per heavy atom. The molecule has 0 fully saturated rings. The van der Waals surface area contributed by atoms with Crippen LogP contribution in [0.5, 0.6) is 0 Å². The smallest absolute Gasteiger partial charge is 0.210 e. The minimum Gasteiger partial charge on any atom is -0.311 e. The van der Waals surface area contributed by atoms with E-state index in [0.29, 0.717) is 0 Å². The van der Waals surface area contributed by atoms with Gasteiger partial charge >= 0.3 is 0 Å². The number of para-hydroxylation sites is 6. The van der Waals surface area contributed by atoms with Crippen LogP contribution in [0.15, 0.2) is 255 Å². The zero-order chi connectivity index (χ0) is 46.5. The van der Waals surface area contributed by atoms with Crippen molar-refractivity contribution < 1.29 is 0 Å². The molecule has 0 N–H and O–H groups in total. The maximum atomic E-state index is 4.70. The summed E-state index contributed by atoms with van der Waals surface area (Å²) >= 11 is 0. The van der Waals surface area contributed by atoms with Gasteiger partial charge in [-0.15, -0.1) is 0 Å². The normalized spacial score (nSPS) is 10.3. The Morgan fingerprint density at radius 2 is 0.362 bits per heavy atom. The average Bonchev–Trinajstić information content (AvgIpc) is 3.42. The monoisotopic (exact) mass is 882 g/mol. The zero-order valence-electron chi connectivity index (χ0n) is 37.4. The van der Waals surface area contributed by atoms with Crippen molar-refractivity contribution in [2.24, 2.45) is 0 Å². The van der Waals surface area contributed by atoms with Crippen molar-refractivity contribution in [3.8, 4) is 35.5 Å². The zero-order valence-corrected chi connectivity index (χ0v) is 37.4. The van der Waals surface area contributed by atoms with Crippen molar-refractivity contribution in [2.45, 2.75) is 0 Å². The predicted octanol–water partition coefficient (Wildman–Crippen LogP) is 14.5. The first-order valence-corrected chi connectivity index (χ1v) is 22.5. The van der Waals surface area contributed by atoms with Gasteiger partial charge in [-0.3, -0.25) is 0 Å². The van der Waals surface area contributed by atoms with Gasteiger partial charge in [0.1, 0.15) is 0 Å². The van der Waals surface area contributed by atoms with Crippen molar-refractivity contribution in [3.05, 3.63) is 289 Å². The van der Waals surface area contributed by atoms with E-state index < -0.39 is 0 Å². The summed E-state index contributed by atoms with van der Waals surface area (Å²) in [6.45, 7) is 0. The summed E-state index contributed by atoms with van der Waals surface area (Å²) in [5.74, 6) is 20.2. The van der Waals surface area contributed by atoms with Gasteiger partial charge in [0.15, 0.2) is 0 Å². The van der Waals surface area contributed by atoms with E-state index in [1.54, 1.807) is 0 Å². The number of nitrogens with zero attached hydrogens (tertiary/aromatic N) is 6. The van der Waals surface area contributed by atoms with Crippen LogP contribution in [-0.4, -0.2) is 15.0 Å². The molecule has 324 valence electrons. The average molecular weight is 883 g/mol. The summed E-state index contributed by atoms with van der Waals surface area (Å²) in [6.07, 6.45) is 0. The molecule has 69 heavy (non-hydrogen) atoms. The van der Waals surface area contributed by atoms with Crippen LogP contribution < -0.4 is 14.7 Å². The highest BCUT2D eigenvalue weighted by atomic mass is 15.2. The van der Waals surface area contributed by atoms with Crippen LogP contribution in [0, 0.1) is 35.5 Å². The minimum atomic E-state index is 0.270. The molecule has 0 amide bonds. The van der Waals surface area contributed by atoms with Crippen molar-refractivity contribution >= 4 is 51.2 Å². The molecule has 10 aromatic rings. The van der Waals surface area contributed by atoms with Crippen LogP contribution in [0.3, 0.4) is 0 Å². The largest absolute Gasteiger partial charge is 0.311 e. The molecule has 0 unspecified atom stereocenters. The van der Waals surface area contributed by atoms with Gasteiger partial charge in [0.25, 0.3) is 0 Å². The molecule has 9 aromatic carbocycles. The third-order valence-electron chi connectivity index (χ3n) is 11.1. The van der Waals surface area contributed by atoms with Crippen LogP contribution in [0.25, 0.3) is 0 Å². The van der Waals surface area contributed by atoms with E-state index in [9.17, 15) is 0 Å². The first-order chi connectivity index (χ1) is 34.2. The number of aromatic nitrogens is 3. The van der Waals surface area contributed by atoms with E-state index >= 15 is 0 Å². The van der Waals surface area contributed by atoms with Crippen molar-refractivity contribution in [1.82, 2.24) is 15.0 Å². The molecule has 1 heterocycles. The Bertz CT molecular complexity index is 2960. The molecule has 10 rings (SSSR count). The molecule has 0 aliphatic rings. The number of hydrogen-bond donors (Lipinski definition) is 0. The Balaban J connectivity index is 0.960. The molecule has 0 aliphatic carbocycles. The van der Waals surface area contributed by atoms with Gasteiger partial charge < -0.3 is 14.7 Å². The Morgan fingerprint density at radius 1 is 0.188 bits per heavy atom.